The van der Waals surface area contributed by atoms with Gasteiger partial charge in [0.25, 0.3) is 0 Å². The minimum Gasteiger partial charge on any atom is -0.379 e. The van der Waals surface area contributed by atoms with Gasteiger partial charge in [-0.3, -0.25) is 9.69 Å². The maximum Gasteiger partial charge on any atom is 0.224 e. The summed E-state index contributed by atoms with van der Waals surface area (Å²) in [5.41, 5.74) is 0.723. The summed E-state index contributed by atoms with van der Waals surface area (Å²) in [4.78, 5) is 14.3. The van der Waals surface area contributed by atoms with E-state index in [0.29, 0.717) is 6.54 Å². The Balaban J connectivity index is 1.81. The van der Waals surface area contributed by atoms with E-state index in [1.165, 1.54) is 12.1 Å². The normalized spacial score (nSPS) is 16.7. The number of halogens is 1. The lowest BCUT2D eigenvalue weighted by Gasteiger charge is -2.40. The molecule has 2 rings (SSSR count). The Morgan fingerprint density at radius 3 is 2.52 bits per heavy atom. The number of benzene rings is 1. The summed E-state index contributed by atoms with van der Waals surface area (Å²) in [5, 5.41) is 2.97. The molecular formula is C16H23FN2O2. The first-order valence-electron chi connectivity index (χ1n) is 7.31. The number of morpholine rings is 1. The number of rotatable bonds is 5. The minimum absolute atomic E-state index is 0.0389. The van der Waals surface area contributed by atoms with Crippen LogP contribution >= 0.6 is 0 Å². The van der Waals surface area contributed by atoms with E-state index in [4.69, 9.17) is 4.74 Å². The summed E-state index contributed by atoms with van der Waals surface area (Å²) in [6.07, 6.45) is 0.277. The van der Waals surface area contributed by atoms with Crippen LogP contribution in [0, 0.1) is 5.82 Å². The third-order valence-corrected chi connectivity index (χ3v) is 3.86. The first kappa shape index (κ1) is 15.9. The molecule has 1 aromatic carbocycles. The van der Waals surface area contributed by atoms with Crippen LogP contribution in [0.3, 0.4) is 0 Å². The first-order chi connectivity index (χ1) is 9.97. The van der Waals surface area contributed by atoms with Gasteiger partial charge in [0, 0.05) is 25.2 Å². The topological polar surface area (TPSA) is 41.6 Å². The Bertz CT molecular complexity index is 468. The Morgan fingerprint density at radius 2 is 1.90 bits per heavy atom. The van der Waals surface area contributed by atoms with E-state index in [2.05, 4.69) is 24.1 Å². The quantitative estimate of drug-likeness (QED) is 0.897. The molecule has 1 aliphatic heterocycles. The highest BCUT2D eigenvalue weighted by Gasteiger charge is 2.28. The van der Waals surface area contributed by atoms with E-state index in [-0.39, 0.29) is 23.7 Å². The highest BCUT2D eigenvalue weighted by Crippen LogP contribution is 2.15. The van der Waals surface area contributed by atoms with Crippen molar-refractivity contribution in [1.29, 1.82) is 0 Å². The molecule has 1 N–H and O–H groups in total. The fourth-order valence-corrected chi connectivity index (χ4v) is 2.45. The van der Waals surface area contributed by atoms with Crippen molar-refractivity contribution in [3.63, 3.8) is 0 Å². The summed E-state index contributed by atoms with van der Waals surface area (Å²) in [5.74, 6) is -0.324. The zero-order valence-electron chi connectivity index (χ0n) is 12.7. The zero-order valence-corrected chi connectivity index (χ0v) is 12.7. The zero-order chi connectivity index (χ0) is 15.3. The summed E-state index contributed by atoms with van der Waals surface area (Å²) in [6.45, 7) is 8.10. The Hall–Kier alpha value is -1.46. The Morgan fingerprint density at radius 1 is 1.29 bits per heavy atom. The molecule has 0 spiro atoms. The SMILES string of the molecule is CC(C)(CNC(=O)Cc1ccc(F)cc1)N1CCOCC1. The van der Waals surface area contributed by atoms with Gasteiger partial charge in [0.2, 0.25) is 5.91 Å². The molecule has 116 valence electrons. The van der Waals surface area contributed by atoms with E-state index in [1.54, 1.807) is 12.1 Å². The maximum atomic E-state index is 12.8. The highest BCUT2D eigenvalue weighted by molar-refractivity contribution is 5.78. The molecular weight excluding hydrogens is 271 g/mol. The smallest absolute Gasteiger partial charge is 0.224 e. The van der Waals surface area contributed by atoms with Crippen molar-refractivity contribution in [2.75, 3.05) is 32.8 Å². The fraction of sp³-hybridized carbons (Fsp3) is 0.562. The second-order valence-corrected chi connectivity index (χ2v) is 5.99. The molecule has 1 aliphatic rings. The third-order valence-electron chi connectivity index (χ3n) is 3.86. The third kappa shape index (κ3) is 4.79. The van der Waals surface area contributed by atoms with E-state index >= 15 is 0 Å². The lowest BCUT2D eigenvalue weighted by molar-refractivity contribution is -0.121. The van der Waals surface area contributed by atoms with E-state index in [9.17, 15) is 9.18 Å². The number of ether oxygens (including phenoxy) is 1. The maximum absolute atomic E-state index is 12.8. The van der Waals surface area contributed by atoms with Gasteiger partial charge in [-0.25, -0.2) is 4.39 Å². The second-order valence-electron chi connectivity index (χ2n) is 5.99. The summed E-state index contributed by atoms with van der Waals surface area (Å²) < 4.78 is 18.2. The number of hydrogen-bond acceptors (Lipinski definition) is 3. The molecule has 0 saturated carbocycles. The molecule has 0 atom stereocenters. The van der Waals surface area contributed by atoms with Crippen molar-refractivity contribution in [2.24, 2.45) is 0 Å². The van der Waals surface area contributed by atoms with Crippen LogP contribution in [0.5, 0.6) is 0 Å². The molecule has 0 bridgehead atoms. The number of carbonyl (C=O) groups excluding carboxylic acids is 1. The molecule has 5 heteroatoms. The van der Waals surface area contributed by atoms with E-state index < -0.39 is 0 Å². The monoisotopic (exact) mass is 294 g/mol. The van der Waals surface area contributed by atoms with E-state index in [1.807, 2.05) is 0 Å². The predicted octanol–water partition coefficient (Wildman–Crippen LogP) is 1.60. The Labute approximate surface area is 125 Å². The second kappa shape index (κ2) is 7.00. The van der Waals surface area contributed by atoms with Gasteiger partial charge < -0.3 is 10.1 Å². The molecule has 0 radical (unpaired) electrons. The van der Waals surface area contributed by atoms with Crippen molar-refractivity contribution >= 4 is 5.91 Å². The molecule has 1 fully saturated rings. The van der Waals surface area contributed by atoms with Crippen molar-refractivity contribution in [2.45, 2.75) is 25.8 Å². The average molecular weight is 294 g/mol. The molecule has 21 heavy (non-hydrogen) atoms. The molecule has 4 nitrogen and oxygen atoms in total. The first-order valence-corrected chi connectivity index (χ1v) is 7.31. The molecule has 1 amide bonds. The van der Waals surface area contributed by atoms with Crippen LogP contribution in [0.2, 0.25) is 0 Å². The van der Waals surface area contributed by atoms with E-state index in [0.717, 1.165) is 31.9 Å². The van der Waals surface area contributed by atoms with Crippen LogP contribution in [0.25, 0.3) is 0 Å². The summed E-state index contributed by atoms with van der Waals surface area (Å²) in [6, 6.07) is 6.03. The molecule has 1 aromatic rings. The Kier molecular flexibility index (Phi) is 5.31. The van der Waals surface area contributed by atoms with Crippen LogP contribution < -0.4 is 5.32 Å². The molecule has 1 saturated heterocycles. The number of amides is 1. The van der Waals surface area contributed by atoms with Gasteiger partial charge in [0.15, 0.2) is 0 Å². The fourth-order valence-electron chi connectivity index (χ4n) is 2.45. The van der Waals surface area contributed by atoms with Crippen LogP contribution in [-0.2, 0) is 16.0 Å². The largest absolute Gasteiger partial charge is 0.379 e. The molecule has 0 unspecified atom stereocenters. The summed E-state index contributed by atoms with van der Waals surface area (Å²) >= 11 is 0. The predicted molar refractivity (Wildman–Crippen MR) is 79.6 cm³/mol. The lowest BCUT2D eigenvalue weighted by Crippen LogP contribution is -2.55. The number of carbonyl (C=O) groups is 1. The van der Waals surface area contributed by atoms with Gasteiger partial charge in [-0.15, -0.1) is 0 Å². The van der Waals surface area contributed by atoms with Gasteiger partial charge in [-0.2, -0.15) is 0 Å². The van der Waals surface area contributed by atoms with Gasteiger partial charge in [0.05, 0.1) is 19.6 Å². The number of hydrogen-bond donors (Lipinski definition) is 1. The number of nitrogens with zero attached hydrogens (tertiary/aromatic N) is 1. The molecule has 0 aromatic heterocycles. The van der Waals surface area contributed by atoms with Crippen molar-refractivity contribution in [3.05, 3.63) is 35.6 Å². The highest BCUT2D eigenvalue weighted by atomic mass is 19.1. The average Bonchev–Trinajstić information content (AvgIpc) is 2.49. The lowest BCUT2D eigenvalue weighted by atomic mass is 10.0. The van der Waals surface area contributed by atoms with Gasteiger partial charge in [0.1, 0.15) is 5.82 Å². The van der Waals surface area contributed by atoms with Crippen LogP contribution in [0.15, 0.2) is 24.3 Å². The van der Waals surface area contributed by atoms with Crippen molar-refractivity contribution in [3.8, 4) is 0 Å². The number of nitrogens with one attached hydrogen (secondary N) is 1. The van der Waals surface area contributed by atoms with Crippen molar-refractivity contribution < 1.29 is 13.9 Å². The molecule has 1 heterocycles. The van der Waals surface area contributed by atoms with Gasteiger partial charge in [-0.05, 0) is 31.5 Å². The molecule has 0 aliphatic carbocycles. The minimum atomic E-state index is -0.285. The van der Waals surface area contributed by atoms with Gasteiger partial charge >= 0.3 is 0 Å². The standard InChI is InChI=1S/C16H23FN2O2/c1-16(2,19-7-9-21-10-8-19)12-18-15(20)11-13-3-5-14(17)6-4-13/h3-6H,7-12H2,1-2H3,(H,18,20). The van der Waals surface area contributed by atoms with Crippen LogP contribution in [0.4, 0.5) is 4.39 Å². The van der Waals surface area contributed by atoms with Gasteiger partial charge in [-0.1, -0.05) is 12.1 Å². The van der Waals surface area contributed by atoms with Crippen LogP contribution in [-0.4, -0.2) is 49.2 Å². The van der Waals surface area contributed by atoms with Crippen molar-refractivity contribution in [1.82, 2.24) is 10.2 Å². The summed E-state index contributed by atoms with van der Waals surface area (Å²) in [7, 11) is 0. The van der Waals surface area contributed by atoms with Crippen LogP contribution in [0.1, 0.15) is 19.4 Å².